The predicted octanol–water partition coefficient (Wildman–Crippen LogP) is 0.705. The third-order valence-corrected chi connectivity index (χ3v) is 2.57. The van der Waals surface area contributed by atoms with Crippen molar-refractivity contribution in [3.63, 3.8) is 0 Å². The van der Waals surface area contributed by atoms with Crippen LogP contribution in [0.4, 0.5) is 0 Å². The fourth-order valence-corrected chi connectivity index (χ4v) is 1.66. The van der Waals surface area contributed by atoms with Gasteiger partial charge in [-0.1, -0.05) is 5.16 Å². The average molecular weight is 250 g/mol. The monoisotopic (exact) mass is 250 g/mol. The van der Waals surface area contributed by atoms with Crippen molar-refractivity contribution in [3.8, 4) is 0 Å². The smallest absolute Gasteiger partial charge is 0.339 e. The first kappa shape index (κ1) is 12.3. The van der Waals surface area contributed by atoms with Gasteiger partial charge in [0.25, 0.3) is 0 Å². The van der Waals surface area contributed by atoms with Crippen molar-refractivity contribution in [3.05, 3.63) is 35.0 Å². The number of carboxylic acid groups (broad SMARTS) is 1. The number of carbonyl (C=O) groups is 1. The molecule has 7 heteroatoms. The van der Waals surface area contributed by atoms with Crippen LogP contribution in [0.2, 0.25) is 0 Å². The Morgan fingerprint density at radius 2 is 2.33 bits per heavy atom. The van der Waals surface area contributed by atoms with Crippen molar-refractivity contribution in [2.45, 2.75) is 20.0 Å². The van der Waals surface area contributed by atoms with Crippen LogP contribution in [0.5, 0.6) is 0 Å². The van der Waals surface area contributed by atoms with E-state index in [1.807, 2.05) is 13.0 Å². The number of aryl methyl sites for hydroxylation is 2. The molecule has 0 unspecified atom stereocenters. The van der Waals surface area contributed by atoms with Gasteiger partial charge in [-0.15, -0.1) is 0 Å². The Morgan fingerprint density at radius 3 is 2.94 bits per heavy atom. The Kier molecular flexibility index (Phi) is 3.42. The number of nitrogens with zero attached hydrogens (tertiary/aromatic N) is 3. The first-order chi connectivity index (χ1) is 8.58. The molecular weight excluding hydrogens is 236 g/mol. The van der Waals surface area contributed by atoms with E-state index in [4.69, 9.17) is 9.63 Å². The largest absolute Gasteiger partial charge is 0.478 e. The van der Waals surface area contributed by atoms with E-state index in [2.05, 4.69) is 15.6 Å². The maximum atomic E-state index is 11.0. The molecule has 0 saturated heterocycles. The highest BCUT2D eigenvalue weighted by Crippen LogP contribution is 2.08. The van der Waals surface area contributed by atoms with E-state index in [1.165, 1.54) is 6.20 Å². The van der Waals surface area contributed by atoms with E-state index >= 15 is 0 Å². The molecule has 0 bridgehead atoms. The van der Waals surface area contributed by atoms with Crippen LogP contribution in [0, 0.1) is 6.92 Å². The number of aromatic carboxylic acids is 1. The van der Waals surface area contributed by atoms with Crippen molar-refractivity contribution in [2.24, 2.45) is 7.05 Å². The second kappa shape index (κ2) is 5.01. The number of nitrogens with one attached hydrogen (secondary N) is 1. The molecule has 2 heterocycles. The topological polar surface area (TPSA) is 93.2 Å². The molecule has 0 atom stereocenters. The van der Waals surface area contributed by atoms with Gasteiger partial charge >= 0.3 is 5.97 Å². The van der Waals surface area contributed by atoms with Gasteiger partial charge in [0.2, 0.25) is 0 Å². The zero-order valence-electron chi connectivity index (χ0n) is 10.2. The van der Waals surface area contributed by atoms with Gasteiger partial charge in [-0.2, -0.15) is 5.10 Å². The summed E-state index contributed by atoms with van der Waals surface area (Å²) >= 11 is 0. The van der Waals surface area contributed by atoms with Gasteiger partial charge in [0.1, 0.15) is 11.3 Å². The quantitative estimate of drug-likeness (QED) is 0.811. The third kappa shape index (κ3) is 2.57. The highest BCUT2D eigenvalue weighted by molar-refractivity contribution is 5.88. The maximum Gasteiger partial charge on any atom is 0.339 e. The highest BCUT2D eigenvalue weighted by Gasteiger charge is 2.14. The fraction of sp³-hybridized carbons (Fsp3) is 0.364. The fourth-order valence-electron chi connectivity index (χ4n) is 1.66. The van der Waals surface area contributed by atoms with Gasteiger partial charge in [0, 0.05) is 26.2 Å². The van der Waals surface area contributed by atoms with Crippen molar-refractivity contribution in [1.29, 1.82) is 0 Å². The summed E-state index contributed by atoms with van der Waals surface area (Å²) in [6.45, 7) is 2.74. The van der Waals surface area contributed by atoms with E-state index in [0.29, 0.717) is 18.8 Å². The van der Waals surface area contributed by atoms with Crippen molar-refractivity contribution in [2.75, 3.05) is 0 Å². The Hall–Kier alpha value is -2.15. The summed E-state index contributed by atoms with van der Waals surface area (Å²) in [5, 5.41) is 19.9. The molecule has 0 fully saturated rings. The molecule has 96 valence electrons. The summed E-state index contributed by atoms with van der Waals surface area (Å²) in [4.78, 5) is 11.0. The Morgan fingerprint density at radius 1 is 1.56 bits per heavy atom. The second-order valence-corrected chi connectivity index (χ2v) is 3.97. The minimum Gasteiger partial charge on any atom is -0.478 e. The second-order valence-electron chi connectivity index (χ2n) is 3.97. The molecule has 2 aromatic heterocycles. The number of aromatic nitrogens is 3. The molecule has 2 N–H and O–H groups in total. The molecule has 0 amide bonds. The summed E-state index contributed by atoms with van der Waals surface area (Å²) in [6.07, 6.45) is 1.35. The van der Waals surface area contributed by atoms with Gasteiger partial charge in [-0.05, 0) is 6.92 Å². The predicted molar refractivity (Wildman–Crippen MR) is 62.0 cm³/mol. The Bertz CT molecular complexity index is 558. The number of hydrogen-bond donors (Lipinski definition) is 2. The molecule has 0 aromatic carbocycles. The Balaban J connectivity index is 1.98. The average Bonchev–Trinajstić information content (AvgIpc) is 2.87. The van der Waals surface area contributed by atoms with E-state index in [-0.39, 0.29) is 5.56 Å². The molecule has 2 aromatic rings. The van der Waals surface area contributed by atoms with Gasteiger partial charge in [0.05, 0.1) is 17.6 Å². The zero-order valence-corrected chi connectivity index (χ0v) is 10.2. The zero-order chi connectivity index (χ0) is 13.1. The molecule has 0 aliphatic heterocycles. The summed E-state index contributed by atoms with van der Waals surface area (Å²) in [6, 6.07) is 1.83. The van der Waals surface area contributed by atoms with Crippen LogP contribution in [0.25, 0.3) is 0 Å². The first-order valence-corrected chi connectivity index (χ1v) is 5.45. The molecule has 2 rings (SSSR count). The molecule has 18 heavy (non-hydrogen) atoms. The third-order valence-electron chi connectivity index (χ3n) is 2.57. The lowest BCUT2D eigenvalue weighted by Gasteiger charge is -2.04. The Labute approximate surface area is 103 Å². The van der Waals surface area contributed by atoms with E-state index in [1.54, 1.807) is 11.7 Å². The normalized spacial score (nSPS) is 10.8. The molecule has 0 aliphatic rings. The minimum atomic E-state index is -0.975. The lowest BCUT2D eigenvalue weighted by molar-refractivity contribution is 0.0695. The van der Waals surface area contributed by atoms with Crippen LogP contribution < -0.4 is 5.32 Å². The van der Waals surface area contributed by atoms with Crippen LogP contribution in [-0.2, 0) is 20.1 Å². The molecule has 0 aliphatic carbocycles. The molecule has 7 nitrogen and oxygen atoms in total. The van der Waals surface area contributed by atoms with Gasteiger partial charge < -0.3 is 14.9 Å². The maximum absolute atomic E-state index is 11.0. The van der Waals surface area contributed by atoms with Gasteiger partial charge in [-0.25, -0.2) is 4.79 Å². The summed E-state index contributed by atoms with van der Waals surface area (Å²) in [7, 11) is 1.71. The van der Waals surface area contributed by atoms with Crippen molar-refractivity contribution >= 4 is 5.97 Å². The number of rotatable bonds is 5. The van der Waals surface area contributed by atoms with Crippen molar-refractivity contribution < 1.29 is 14.4 Å². The standard InChI is InChI=1S/C11H14N4O3/c1-7-3-8(14-18-7)4-12-6-10-9(11(16)17)5-13-15(10)2/h3,5,12H,4,6H2,1-2H3,(H,16,17). The highest BCUT2D eigenvalue weighted by atomic mass is 16.5. The SMILES string of the molecule is Cc1cc(CNCc2c(C(=O)O)cnn2C)no1. The van der Waals surface area contributed by atoms with E-state index in [0.717, 1.165) is 11.5 Å². The summed E-state index contributed by atoms with van der Waals surface area (Å²) < 4.78 is 6.48. The van der Waals surface area contributed by atoms with E-state index in [9.17, 15) is 4.79 Å². The minimum absolute atomic E-state index is 0.210. The summed E-state index contributed by atoms with van der Waals surface area (Å²) in [5.41, 5.74) is 1.62. The number of carboxylic acids is 1. The van der Waals surface area contributed by atoms with Crippen LogP contribution in [0.3, 0.4) is 0 Å². The van der Waals surface area contributed by atoms with Crippen molar-refractivity contribution in [1.82, 2.24) is 20.3 Å². The molecular formula is C11H14N4O3. The van der Waals surface area contributed by atoms with Gasteiger partial charge in [0.15, 0.2) is 0 Å². The van der Waals surface area contributed by atoms with Crippen LogP contribution in [0.15, 0.2) is 16.8 Å². The van der Waals surface area contributed by atoms with Crippen LogP contribution in [0.1, 0.15) is 27.5 Å². The first-order valence-electron chi connectivity index (χ1n) is 5.45. The molecule has 0 saturated carbocycles. The molecule has 0 spiro atoms. The van der Waals surface area contributed by atoms with Crippen LogP contribution >= 0.6 is 0 Å². The number of hydrogen-bond acceptors (Lipinski definition) is 5. The van der Waals surface area contributed by atoms with Crippen LogP contribution in [-0.4, -0.2) is 26.0 Å². The van der Waals surface area contributed by atoms with E-state index < -0.39 is 5.97 Å². The molecule has 0 radical (unpaired) electrons. The lowest BCUT2D eigenvalue weighted by atomic mass is 10.2. The summed E-state index contributed by atoms with van der Waals surface area (Å²) in [5.74, 6) is -0.226. The lowest BCUT2D eigenvalue weighted by Crippen LogP contribution is -2.17. The van der Waals surface area contributed by atoms with Gasteiger partial charge in [-0.3, -0.25) is 4.68 Å².